The van der Waals surface area contributed by atoms with E-state index in [4.69, 9.17) is 0 Å². The summed E-state index contributed by atoms with van der Waals surface area (Å²) < 4.78 is 0. The number of nitrogens with zero attached hydrogens (tertiary/aromatic N) is 1. The van der Waals surface area contributed by atoms with Crippen molar-refractivity contribution in [2.45, 2.75) is 20.8 Å². The zero-order chi connectivity index (χ0) is 16.2. The molecule has 0 aliphatic rings. The topological polar surface area (TPSA) is 12.9 Å². The van der Waals surface area contributed by atoms with Gasteiger partial charge in [0.05, 0.1) is 0 Å². The van der Waals surface area contributed by atoms with E-state index in [1.54, 1.807) is 0 Å². The third-order valence-electron chi connectivity index (χ3n) is 3.95. The van der Waals surface area contributed by atoms with Gasteiger partial charge in [0.2, 0.25) is 0 Å². The molecule has 0 saturated carbocycles. The standard InChI is InChI=1S/C22H20N.Pt/c1-16-13-17(2)21(18(3)14-16)11-9-19-10-12-22(23-15-19)20-7-5-4-6-8-20;/h4-7,9-15H,1-3H3;/q-1;/b11-9+;. The summed E-state index contributed by atoms with van der Waals surface area (Å²) in [6, 6.07) is 19.7. The zero-order valence-corrected chi connectivity index (χ0v) is 16.4. The van der Waals surface area contributed by atoms with E-state index in [9.17, 15) is 0 Å². The Morgan fingerprint density at radius 1 is 0.917 bits per heavy atom. The van der Waals surface area contributed by atoms with Crippen LogP contribution in [0.4, 0.5) is 0 Å². The Morgan fingerprint density at radius 3 is 2.25 bits per heavy atom. The first kappa shape index (κ1) is 18.4. The quantitative estimate of drug-likeness (QED) is 0.431. The Bertz CT molecular complexity index is 811. The van der Waals surface area contributed by atoms with Gasteiger partial charge in [0.15, 0.2) is 0 Å². The second-order valence-electron chi connectivity index (χ2n) is 5.90. The van der Waals surface area contributed by atoms with Gasteiger partial charge in [-0.25, -0.2) is 0 Å². The predicted molar refractivity (Wildman–Crippen MR) is 98.1 cm³/mol. The molecule has 124 valence electrons. The van der Waals surface area contributed by atoms with E-state index in [1.807, 2.05) is 36.5 Å². The summed E-state index contributed by atoms with van der Waals surface area (Å²) >= 11 is 0. The van der Waals surface area contributed by atoms with Crippen molar-refractivity contribution >= 4 is 12.2 Å². The number of pyridine rings is 1. The van der Waals surface area contributed by atoms with Crippen molar-refractivity contribution < 1.29 is 21.1 Å². The second-order valence-corrected chi connectivity index (χ2v) is 5.90. The molecule has 0 spiro atoms. The van der Waals surface area contributed by atoms with E-state index in [0.717, 1.165) is 16.8 Å². The maximum Gasteiger partial charge on any atom is 0.0233 e. The van der Waals surface area contributed by atoms with Gasteiger partial charge in [-0.05, 0) is 48.7 Å². The average molecular weight is 493 g/mol. The predicted octanol–water partition coefficient (Wildman–Crippen LogP) is 5.64. The van der Waals surface area contributed by atoms with Gasteiger partial charge in [-0.1, -0.05) is 42.0 Å². The number of hydrogen-bond donors (Lipinski definition) is 0. The first-order valence-electron chi connectivity index (χ1n) is 7.82. The van der Waals surface area contributed by atoms with Crippen molar-refractivity contribution in [1.29, 1.82) is 0 Å². The smallest absolute Gasteiger partial charge is 0.0233 e. The van der Waals surface area contributed by atoms with E-state index < -0.39 is 0 Å². The number of aromatic nitrogens is 1. The Hall–Kier alpha value is -1.98. The summed E-state index contributed by atoms with van der Waals surface area (Å²) in [6.45, 7) is 6.45. The summed E-state index contributed by atoms with van der Waals surface area (Å²) in [5.74, 6) is 0. The van der Waals surface area contributed by atoms with Crippen LogP contribution in [0.15, 0.2) is 54.7 Å². The third-order valence-corrected chi connectivity index (χ3v) is 3.95. The van der Waals surface area contributed by atoms with Crippen LogP contribution >= 0.6 is 0 Å². The molecule has 2 aromatic carbocycles. The van der Waals surface area contributed by atoms with Crippen LogP contribution in [0.5, 0.6) is 0 Å². The van der Waals surface area contributed by atoms with E-state index >= 15 is 0 Å². The molecule has 1 heterocycles. The molecule has 0 aliphatic carbocycles. The van der Waals surface area contributed by atoms with Crippen molar-refractivity contribution in [2.24, 2.45) is 0 Å². The molecule has 0 N–H and O–H groups in total. The van der Waals surface area contributed by atoms with Crippen LogP contribution in [0.3, 0.4) is 0 Å². The fourth-order valence-corrected chi connectivity index (χ4v) is 2.85. The normalized spacial score (nSPS) is 10.6. The van der Waals surface area contributed by atoms with Crippen LogP contribution in [0.1, 0.15) is 27.8 Å². The molecule has 24 heavy (non-hydrogen) atoms. The van der Waals surface area contributed by atoms with E-state index in [1.165, 1.54) is 22.3 Å². The van der Waals surface area contributed by atoms with Crippen molar-refractivity contribution in [3.63, 3.8) is 0 Å². The van der Waals surface area contributed by atoms with Crippen LogP contribution in [0.2, 0.25) is 0 Å². The van der Waals surface area contributed by atoms with Gasteiger partial charge in [-0.2, -0.15) is 0 Å². The van der Waals surface area contributed by atoms with Gasteiger partial charge in [-0.3, -0.25) is 0 Å². The molecule has 1 nitrogen and oxygen atoms in total. The molecule has 0 aliphatic heterocycles. The average Bonchev–Trinajstić information content (AvgIpc) is 2.55. The van der Waals surface area contributed by atoms with Gasteiger partial charge in [0.25, 0.3) is 0 Å². The zero-order valence-electron chi connectivity index (χ0n) is 14.1. The molecular weight excluding hydrogens is 473 g/mol. The van der Waals surface area contributed by atoms with Gasteiger partial charge >= 0.3 is 0 Å². The molecule has 0 bridgehead atoms. The molecule has 3 aromatic rings. The SMILES string of the molecule is Cc1cc(C)c(/C=C/c2ccc(-c3[c-]cccc3)nc2)c(C)c1.[Pt]. The van der Waals surface area contributed by atoms with Gasteiger partial charge < -0.3 is 4.98 Å². The van der Waals surface area contributed by atoms with Crippen LogP contribution in [0, 0.1) is 26.8 Å². The molecule has 0 saturated heterocycles. The fourth-order valence-electron chi connectivity index (χ4n) is 2.85. The summed E-state index contributed by atoms with van der Waals surface area (Å²) in [5.41, 5.74) is 8.28. The van der Waals surface area contributed by atoms with E-state index in [2.05, 4.69) is 62.2 Å². The summed E-state index contributed by atoms with van der Waals surface area (Å²) in [6.07, 6.45) is 6.21. The molecule has 0 amide bonds. The Kier molecular flexibility index (Phi) is 6.28. The molecule has 2 heteroatoms. The van der Waals surface area contributed by atoms with E-state index in [-0.39, 0.29) is 21.1 Å². The number of hydrogen-bond acceptors (Lipinski definition) is 1. The maximum absolute atomic E-state index is 4.54. The molecular formula is C22H20NPt-. The third kappa shape index (κ3) is 4.30. The van der Waals surface area contributed by atoms with Crippen molar-refractivity contribution in [1.82, 2.24) is 4.98 Å². The number of aryl methyl sites for hydroxylation is 3. The van der Waals surface area contributed by atoms with Crippen LogP contribution < -0.4 is 0 Å². The molecule has 3 rings (SSSR count). The van der Waals surface area contributed by atoms with Gasteiger partial charge in [-0.15, -0.1) is 35.9 Å². The van der Waals surface area contributed by atoms with Crippen LogP contribution in [-0.4, -0.2) is 4.98 Å². The number of benzene rings is 2. The summed E-state index contributed by atoms with van der Waals surface area (Å²) in [7, 11) is 0. The largest absolute Gasteiger partial charge is 0.304 e. The monoisotopic (exact) mass is 493 g/mol. The second kappa shape index (κ2) is 8.22. The number of rotatable bonds is 3. The molecule has 0 unspecified atom stereocenters. The minimum atomic E-state index is 0. The molecule has 0 radical (unpaired) electrons. The Balaban J connectivity index is 0.00000208. The first-order chi connectivity index (χ1) is 11.1. The Morgan fingerprint density at radius 2 is 1.67 bits per heavy atom. The Labute approximate surface area is 158 Å². The minimum Gasteiger partial charge on any atom is -0.304 e. The summed E-state index contributed by atoms with van der Waals surface area (Å²) in [4.78, 5) is 4.54. The fraction of sp³-hybridized carbons (Fsp3) is 0.136. The van der Waals surface area contributed by atoms with Gasteiger partial charge in [0.1, 0.15) is 0 Å². The molecule has 0 atom stereocenters. The van der Waals surface area contributed by atoms with Crippen LogP contribution in [0.25, 0.3) is 23.4 Å². The molecule has 0 fully saturated rings. The van der Waals surface area contributed by atoms with Crippen molar-refractivity contribution in [3.8, 4) is 11.3 Å². The maximum atomic E-state index is 4.54. The first-order valence-corrected chi connectivity index (χ1v) is 7.82. The summed E-state index contributed by atoms with van der Waals surface area (Å²) in [5, 5.41) is 0. The van der Waals surface area contributed by atoms with Crippen molar-refractivity contribution in [2.75, 3.05) is 0 Å². The van der Waals surface area contributed by atoms with Crippen molar-refractivity contribution in [3.05, 3.63) is 88.6 Å². The van der Waals surface area contributed by atoms with Crippen LogP contribution in [-0.2, 0) is 21.1 Å². The minimum absolute atomic E-state index is 0. The van der Waals surface area contributed by atoms with E-state index in [0.29, 0.717) is 0 Å². The molecule has 1 aromatic heterocycles. The van der Waals surface area contributed by atoms with Gasteiger partial charge in [0, 0.05) is 27.3 Å².